The third kappa shape index (κ3) is 1.70. The van der Waals surface area contributed by atoms with Gasteiger partial charge < -0.3 is 11.5 Å². The van der Waals surface area contributed by atoms with E-state index in [9.17, 15) is 4.79 Å². The Morgan fingerprint density at radius 1 is 1.60 bits per heavy atom. The predicted molar refractivity (Wildman–Crippen MR) is 39.1 cm³/mol. The van der Waals surface area contributed by atoms with Crippen LogP contribution in [0.3, 0.4) is 0 Å². The molecule has 0 unspecified atom stereocenters. The Morgan fingerprint density at radius 3 is 2.50 bits per heavy atom. The summed E-state index contributed by atoms with van der Waals surface area (Å²) in [5.74, 6) is 0.300. The van der Waals surface area contributed by atoms with Gasteiger partial charge in [0.25, 0.3) is 0 Å². The Morgan fingerprint density at radius 2 is 2.20 bits per heavy atom. The van der Waals surface area contributed by atoms with Crippen LogP contribution in [0.2, 0.25) is 0 Å². The predicted octanol–water partition coefficient (Wildman–Crippen LogP) is -0.0108. The van der Waals surface area contributed by atoms with Gasteiger partial charge in [-0.15, -0.1) is 0 Å². The van der Waals surface area contributed by atoms with Crippen LogP contribution >= 0.6 is 0 Å². The molecule has 1 saturated carbocycles. The fourth-order valence-corrected chi connectivity index (χ4v) is 1.20. The zero-order chi connectivity index (χ0) is 7.56. The first-order chi connectivity index (χ1) is 4.70. The minimum absolute atomic E-state index is 0.369. The normalized spacial score (nSPS) is 21.7. The fraction of sp³-hybridized carbons (Fsp3) is 0.857. The van der Waals surface area contributed by atoms with Gasteiger partial charge >= 0.3 is 0 Å². The first kappa shape index (κ1) is 7.54. The third-order valence-corrected chi connectivity index (χ3v) is 2.18. The van der Waals surface area contributed by atoms with Crippen molar-refractivity contribution in [1.82, 2.24) is 0 Å². The molecule has 0 saturated heterocycles. The van der Waals surface area contributed by atoms with Crippen molar-refractivity contribution < 1.29 is 4.79 Å². The number of hydrogen-bond acceptors (Lipinski definition) is 2. The lowest BCUT2D eigenvalue weighted by Gasteiger charge is -2.26. The molecule has 1 atom stereocenters. The van der Waals surface area contributed by atoms with Gasteiger partial charge in [-0.05, 0) is 12.3 Å². The van der Waals surface area contributed by atoms with E-state index in [0.29, 0.717) is 5.92 Å². The van der Waals surface area contributed by atoms with Crippen LogP contribution in [0.15, 0.2) is 0 Å². The minimum atomic E-state index is -0.412. The summed E-state index contributed by atoms with van der Waals surface area (Å²) in [7, 11) is 0. The van der Waals surface area contributed by atoms with Crippen molar-refractivity contribution >= 4 is 5.91 Å². The van der Waals surface area contributed by atoms with E-state index < -0.39 is 6.04 Å². The quantitative estimate of drug-likeness (QED) is 0.582. The largest absolute Gasteiger partial charge is 0.368 e. The van der Waals surface area contributed by atoms with Crippen molar-refractivity contribution in [3.8, 4) is 0 Å². The molecular weight excluding hydrogens is 128 g/mol. The molecule has 0 bridgehead atoms. The monoisotopic (exact) mass is 142 g/mol. The molecule has 0 heterocycles. The maximum atomic E-state index is 10.5. The molecule has 1 fully saturated rings. The molecule has 0 aromatic heterocycles. The Hall–Kier alpha value is -0.570. The summed E-state index contributed by atoms with van der Waals surface area (Å²) in [4.78, 5) is 10.5. The van der Waals surface area contributed by atoms with Crippen molar-refractivity contribution in [3.63, 3.8) is 0 Å². The van der Waals surface area contributed by atoms with Gasteiger partial charge in [0, 0.05) is 0 Å². The SMILES string of the molecule is NC(=O)[C@@H](N)CC1CCC1. The lowest BCUT2D eigenvalue weighted by Crippen LogP contribution is -2.38. The average Bonchev–Trinajstić information content (AvgIpc) is 1.77. The molecule has 3 heteroatoms. The van der Waals surface area contributed by atoms with E-state index in [2.05, 4.69) is 0 Å². The number of carbonyl (C=O) groups is 1. The van der Waals surface area contributed by atoms with Gasteiger partial charge in [0.15, 0.2) is 0 Å². The standard InChI is InChI=1S/C7H14N2O/c8-6(7(9)10)4-5-2-1-3-5/h5-6H,1-4,8H2,(H2,9,10)/t6-/m0/s1. The summed E-state index contributed by atoms with van der Waals surface area (Å²) in [5, 5.41) is 0. The Kier molecular flexibility index (Phi) is 2.27. The van der Waals surface area contributed by atoms with E-state index >= 15 is 0 Å². The summed E-state index contributed by atoms with van der Waals surface area (Å²) in [6.07, 6.45) is 4.52. The van der Waals surface area contributed by atoms with Gasteiger partial charge in [-0.3, -0.25) is 4.79 Å². The summed E-state index contributed by atoms with van der Waals surface area (Å²) in [6, 6.07) is -0.412. The second-order valence-electron chi connectivity index (χ2n) is 3.04. The number of rotatable bonds is 3. The molecular formula is C7H14N2O. The molecule has 58 valence electrons. The van der Waals surface area contributed by atoms with Crippen LogP contribution in [0.1, 0.15) is 25.7 Å². The molecule has 1 rings (SSSR count). The van der Waals surface area contributed by atoms with Gasteiger partial charge in [-0.2, -0.15) is 0 Å². The number of primary amides is 1. The van der Waals surface area contributed by atoms with Gasteiger partial charge in [-0.1, -0.05) is 19.3 Å². The second-order valence-corrected chi connectivity index (χ2v) is 3.04. The molecule has 3 nitrogen and oxygen atoms in total. The van der Waals surface area contributed by atoms with E-state index in [1.807, 2.05) is 0 Å². The zero-order valence-electron chi connectivity index (χ0n) is 6.05. The number of carbonyl (C=O) groups excluding carboxylic acids is 1. The van der Waals surface area contributed by atoms with Gasteiger partial charge in [0.05, 0.1) is 6.04 Å². The lowest BCUT2D eigenvalue weighted by atomic mass is 9.81. The van der Waals surface area contributed by atoms with Crippen LogP contribution in [0.4, 0.5) is 0 Å². The van der Waals surface area contributed by atoms with E-state index in [1.54, 1.807) is 0 Å². The van der Waals surface area contributed by atoms with E-state index in [4.69, 9.17) is 11.5 Å². The highest BCUT2D eigenvalue weighted by Crippen LogP contribution is 2.29. The van der Waals surface area contributed by atoms with Crippen molar-refractivity contribution in [1.29, 1.82) is 0 Å². The van der Waals surface area contributed by atoms with E-state index in [-0.39, 0.29) is 5.91 Å². The van der Waals surface area contributed by atoms with Crippen LogP contribution in [0, 0.1) is 5.92 Å². The zero-order valence-corrected chi connectivity index (χ0v) is 6.05. The van der Waals surface area contributed by atoms with Crippen LogP contribution in [-0.4, -0.2) is 11.9 Å². The lowest BCUT2D eigenvalue weighted by molar-refractivity contribution is -0.119. The molecule has 0 aromatic rings. The molecule has 0 aliphatic heterocycles. The summed E-state index contributed by atoms with van der Waals surface area (Å²) in [6.45, 7) is 0. The average molecular weight is 142 g/mol. The molecule has 0 spiro atoms. The molecule has 0 aromatic carbocycles. The first-order valence-electron chi connectivity index (χ1n) is 3.75. The smallest absolute Gasteiger partial charge is 0.234 e. The Labute approximate surface area is 60.8 Å². The van der Waals surface area contributed by atoms with Gasteiger partial charge in [0.1, 0.15) is 0 Å². The molecule has 1 aliphatic rings. The molecule has 0 radical (unpaired) electrons. The third-order valence-electron chi connectivity index (χ3n) is 2.18. The van der Waals surface area contributed by atoms with Crippen molar-refractivity contribution in [2.24, 2.45) is 17.4 Å². The van der Waals surface area contributed by atoms with Crippen LogP contribution in [0.5, 0.6) is 0 Å². The molecule has 1 amide bonds. The topological polar surface area (TPSA) is 69.1 Å². The maximum Gasteiger partial charge on any atom is 0.234 e. The number of nitrogens with two attached hydrogens (primary N) is 2. The highest BCUT2D eigenvalue weighted by molar-refractivity contribution is 5.79. The molecule has 1 aliphatic carbocycles. The number of amides is 1. The summed E-state index contributed by atoms with van der Waals surface area (Å²) < 4.78 is 0. The highest BCUT2D eigenvalue weighted by atomic mass is 16.1. The van der Waals surface area contributed by atoms with Crippen LogP contribution < -0.4 is 11.5 Å². The second kappa shape index (κ2) is 3.01. The minimum Gasteiger partial charge on any atom is -0.368 e. The van der Waals surface area contributed by atoms with E-state index in [0.717, 1.165) is 6.42 Å². The summed E-state index contributed by atoms with van der Waals surface area (Å²) in [5.41, 5.74) is 10.5. The maximum absolute atomic E-state index is 10.5. The first-order valence-corrected chi connectivity index (χ1v) is 3.75. The Bertz CT molecular complexity index is 132. The summed E-state index contributed by atoms with van der Waals surface area (Å²) >= 11 is 0. The van der Waals surface area contributed by atoms with Crippen molar-refractivity contribution in [2.45, 2.75) is 31.7 Å². The molecule has 4 N–H and O–H groups in total. The van der Waals surface area contributed by atoms with Gasteiger partial charge in [-0.25, -0.2) is 0 Å². The van der Waals surface area contributed by atoms with E-state index in [1.165, 1.54) is 19.3 Å². The number of hydrogen-bond donors (Lipinski definition) is 2. The highest BCUT2D eigenvalue weighted by Gasteiger charge is 2.22. The molecule has 10 heavy (non-hydrogen) atoms. The van der Waals surface area contributed by atoms with Crippen molar-refractivity contribution in [3.05, 3.63) is 0 Å². The van der Waals surface area contributed by atoms with Crippen LogP contribution in [-0.2, 0) is 4.79 Å². The Balaban J connectivity index is 2.16. The van der Waals surface area contributed by atoms with Crippen molar-refractivity contribution in [2.75, 3.05) is 0 Å². The fourth-order valence-electron chi connectivity index (χ4n) is 1.20. The van der Waals surface area contributed by atoms with Crippen LogP contribution in [0.25, 0.3) is 0 Å². The van der Waals surface area contributed by atoms with Gasteiger partial charge in [0.2, 0.25) is 5.91 Å².